The Bertz CT molecular complexity index is 631. The number of hydrogen-bond acceptors (Lipinski definition) is 3. The molecule has 3 fully saturated rings. The second kappa shape index (κ2) is 3.23. The smallest absolute Gasteiger partial charge is 0.255 e. The van der Waals surface area contributed by atoms with Crippen LogP contribution in [0.3, 0.4) is 0 Å². The fraction of sp³-hybridized carbons (Fsp3) is 0.357. The van der Waals surface area contributed by atoms with Crippen LogP contribution in [0.25, 0.3) is 0 Å². The van der Waals surface area contributed by atoms with Gasteiger partial charge in [0.1, 0.15) is 5.54 Å². The van der Waals surface area contributed by atoms with Crippen LogP contribution in [0.5, 0.6) is 0 Å². The van der Waals surface area contributed by atoms with Gasteiger partial charge in [-0.3, -0.25) is 19.7 Å². The van der Waals surface area contributed by atoms with Crippen molar-refractivity contribution in [2.75, 3.05) is 0 Å². The summed E-state index contributed by atoms with van der Waals surface area (Å²) < 4.78 is 0. The lowest BCUT2D eigenvalue weighted by Gasteiger charge is -2.53. The van der Waals surface area contributed by atoms with Gasteiger partial charge in [-0.05, 0) is 24.5 Å². The third-order valence-electron chi connectivity index (χ3n) is 4.54. The summed E-state index contributed by atoms with van der Waals surface area (Å²) in [6.45, 7) is 0.462. The number of hydrogen-bond donors (Lipinski definition) is 1. The molecule has 3 aliphatic heterocycles. The molecular formula is C14H12N2O3. The van der Waals surface area contributed by atoms with Crippen LogP contribution < -0.4 is 5.32 Å². The lowest BCUT2D eigenvalue weighted by Crippen LogP contribution is -2.73. The third kappa shape index (κ3) is 1.17. The SMILES string of the molecule is O=C1NC(=O)C2(N3Cc4ccccc4C3=O)CC1C2. The van der Waals surface area contributed by atoms with E-state index in [9.17, 15) is 14.4 Å². The van der Waals surface area contributed by atoms with E-state index in [2.05, 4.69) is 5.32 Å². The first-order valence-corrected chi connectivity index (χ1v) is 6.37. The van der Waals surface area contributed by atoms with E-state index in [4.69, 9.17) is 0 Å². The standard InChI is InChI=1S/C14H12N2O3/c17-11-9-5-14(6-9,13(19)15-11)16-7-8-3-1-2-4-10(8)12(16)18/h1-4,9H,5-7H2,(H,15,17,19). The largest absolute Gasteiger partial charge is 0.319 e. The van der Waals surface area contributed by atoms with Gasteiger partial charge in [0.25, 0.3) is 11.8 Å². The monoisotopic (exact) mass is 256 g/mol. The minimum atomic E-state index is -0.797. The summed E-state index contributed by atoms with van der Waals surface area (Å²) in [6.07, 6.45) is 0.939. The molecule has 0 unspecified atom stereocenters. The highest BCUT2D eigenvalue weighted by Crippen LogP contribution is 2.48. The Morgan fingerprint density at radius 3 is 2.58 bits per heavy atom. The summed E-state index contributed by atoms with van der Waals surface area (Å²) in [6, 6.07) is 7.41. The van der Waals surface area contributed by atoms with E-state index in [0.717, 1.165) is 5.56 Å². The van der Waals surface area contributed by atoms with Crippen LogP contribution in [0.15, 0.2) is 24.3 Å². The van der Waals surface area contributed by atoms with Crippen LogP contribution >= 0.6 is 0 Å². The summed E-state index contributed by atoms with van der Waals surface area (Å²) >= 11 is 0. The highest BCUT2D eigenvalue weighted by atomic mass is 16.2. The van der Waals surface area contributed by atoms with Crippen LogP contribution in [0.4, 0.5) is 0 Å². The Morgan fingerprint density at radius 1 is 1.16 bits per heavy atom. The molecule has 0 atom stereocenters. The molecule has 5 rings (SSSR count). The van der Waals surface area contributed by atoms with Gasteiger partial charge in [0.2, 0.25) is 5.91 Å². The van der Waals surface area contributed by atoms with Crippen molar-refractivity contribution in [3.8, 4) is 0 Å². The first-order valence-electron chi connectivity index (χ1n) is 6.37. The van der Waals surface area contributed by atoms with Crippen molar-refractivity contribution in [1.29, 1.82) is 0 Å². The normalized spacial score (nSPS) is 31.9. The van der Waals surface area contributed by atoms with Crippen molar-refractivity contribution in [1.82, 2.24) is 10.2 Å². The van der Waals surface area contributed by atoms with E-state index in [1.54, 1.807) is 11.0 Å². The molecule has 5 heteroatoms. The van der Waals surface area contributed by atoms with Gasteiger partial charge in [-0.15, -0.1) is 0 Å². The molecule has 2 saturated heterocycles. The van der Waals surface area contributed by atoms with Crippen molar-refractivity contribution in [3.05, 3.63) is 35.4 Å². The van der Waals surface area contributed by atoms with Crippen molar-refractivity contribution in [2.45, 2.75) is 24.9 Å². The molecular weight excluding hydrogens is 244 g/mol. The van der Waals surface area contributed by atoms with Gasteiger partial charge in [-0.2, -0.15) is 0 Å². The fourth-order valence-electron chi connectivity index (χ4n) is 3.40. The van der Waals surface area contributed by atoms with Crippen LogP contribution in [-0.4, -0.2) is 28.2 Å². The molecule has 1 aromatic rings. The lowest BCUT2D eigenvalue weighted by atomic mass is 9.63. The maximum absolute atomic E-state index is 12.4. The van der Waals surface area contributed by atoms with Gasteiger partial charge in [-0.1, -0.05) is 18.2 Å². The number of nitrogens with zero attached hydrogens (tertiary/aromatic N) is 1. The summed E-state index contributed by atoms with van der Waals surface area (Å²) in [5, 5.41) is 2.37. The molecule has 1 aliphatic carbocycles. The average Bonchev–Trinajstić information content (AvgIpc) is 2.66. The summed E-state index contributed by atoms with van der Waals surface area (Å²) in [4.78, 5) is 37.6. The molecule has 3 heterocycles. The maximum atomic E-state index is 12.4. The first kappa shape index (κ1) is 10.7. The number of fused-ring (bicyclic) bond motifs is 3. The molecule has 19 heavy (non-hydrogen) atoms. The van der Waals surface area contributed by atoms with Crippen molar-refractivity contribution in [3.63, 3.8) is 0 Å². The van der Waals surface area contributed by atoms with E-state index in [-0.39, 0.29) is 23.6 Å². The van der Waals surface area contributed by atoms with Gasteiger partial charge in [0.05, 0.1) is 0 Å². The maximum Gasteiger partial charge on any atom is 0.255 e. The highest BCUT2D eigenvalue weighted by Gasteiger charge is 2.62. The second-order valence-electron chi connectivity index (χ2n) is 5.50. The van der Waals surface area contributed by atoms with Crippen molar-refractivity contribution < 1.29 is 14.4 Å². The molecule has 3 amide bonds. The molecule has 0 aromatic heterocycles. The predicted octanol–water partition coefficient (Wildman–Crippen LogP) is 0.448. The van der Waals surface area contributed by atoms with Crippen molar-refractivity contribution in [2.24, 2.45) is 5.92 Å². The predicted molar refractivity (Wildman–Crippen MR) is 64.9 cm³/mol. The molecule has 96 valence electrons. The molecule has 1 N–H and O–H groups in total. The minimum Gasteiger partial charge on any atom is -0.319 e. The average molecular weight is 256 g/mol. The Balaban J connectivity index is 1.72. The van der Waals surface area contributed by atoms with Gasteiger partial charge in [0, 0.05) is 18.0 Å². The molecule has 0 radical (unpaired) electrons. The van der Waals surface area contributed by atoms with Gasteiger partial charge in [-0.25, -0.2) is 0 Å². The number of rotatable bonds is 1. The number of carbonyl (C=O) groups excluding carboxylic acids is 3. The van der Waals surface area contributed by atoms with E-state index in [1.807, 2.05) is 18.2 Å². The summed E-state index contributed by atoms with van der Waals surface area (Å²) in [5.41, 5.74) is 0.828. The highest BCUT2D eigenvalue weighted by molar-refractivity contribution is 6.10. The van der Waals surface area contributed by atoms with E-state index in [0.29, 0.717) is 24.9 Å². The quantitative estimate of drug-likeness (QED) is 0.742. The topological polar surface area (TPSA) is 66.5 Å². The van der Waals surface area contributed by atoms with E-state index >= 15 is 0 Å². The Kier molecular flexibility index (Phi) is 1.82. The lowest BCUT2D eigenvalue weighted by molar-refractivity contribution is -0.160. The summed E-state index contributed by atoms with van der Waals surface area (Å²) in [7, 11) is 0. The number of imide groups is 1. The van der Waals surface area contributed by atoms with Gasteiger partial charge >= 0.3 is 0 Å². The Hall–Kier alpha value is -2.17. The molecule has 5 nitrogen and oxygen atoms in total. The number of benzene rings is 1. The third-order valence-corrected chi connectivity index (χ3v) is 4.54. The van der Waals surface area contributed by atoms with E-state index < -0.39 is 5.54 Å². The first-order chi connectivity index (χ1) is 9.12. The molecule has 0 spiro atoms. The number of piperidine rings is 2. The second-order valence-corrected chi connectivity index (χ2v) is 5.50. The molecule has 4 aliphatic rings. The summed E-state index contributed by atoms with van der Waals surface area (Å²) in [5.74, 6) is -0.732. The van der Waals surface area contributed by atoms with E-state index in [1.165, 1.54) is 0 Å². The molecule has 1 saturated carbocycles. The van der Waals surface area contributed by atoms with Crippen molar-refractivity contribution >= 4 is 17.7 Å². The number of carbonyl (C=O) groups is 3. The minimum absolute atomic E-state index is 0.0986. The Morgan fingerprint density at radius 2 is 1.89 bits per heavy atom. The molecule has 1 aromatic carbocycles. The zero-order valence-electron chi connectivity index (χ0n) is 10.2. The van der Waals surface area contributed by atoms with Crippen LogP contribution in [-0.2, 0) is 16.1 Å². The fourth-order valence-corrected chi connectivity index (χ4v) is 3.40. The van der Waals surface area contributed by atoms with Crippen LogP contribution in [0.2, 0.25) is 0 Å². The zero-order valence-corrected chi connectivity index (χ0v) is 10.2. The Labute approximate surface area is 109 Å². The number of nitrogens with one attached hydrogen (secondary N) is 1. The molecule has 2 bridgehead atoms. The zero-order chi connectivity index (χ0) is 13.2. The van der Waals surface area contributed by atoms with Crippen LogP contribution in [0, 0.1) is 5.92 Å². The van der Waals surface area contributed by atoms with Crippen LogP contribution in [0.1, 0.15) is 28.8 Å². The van der Waals surface area contributed by atoms with Gasteiger partial charge in [0.15, 0.2) is 0 Å². The number of amides is 3. The van der Waals surface area contributed by atoms with Gasteiger partial charge < -0.3 is 4.90 Å².